The molecule has 2 aromatic carbocycles. The van der Waals surface area contributed by atoms with Crippen molar-refractivity contribution in [3.8, 4) is 5.88 Å². The summed E-state index contributed by atoms with van der Waals surface area (Å²) in [6.07, 6.45) is 16.4. The highest BCUT2D eigenvalue weighted by Gasteiger charge is 2.45. The number of carbonyl (C=O) groups excluding carboxylic acids is 4. The van der Waals surface area contributed by atoms with Gasteiger partial charge < -0.3 is 40.5 Å². The Hall–Kier alpha value is -10.5. The van der Waals surface area contributed by atoms with Crippen molar-refractivity contribution >= 4 is 121 Å². The predicted molar refractivity (Wildman–Crippen MR) is 502 cm³/mol. The van der Waals surface area contributed by atoms with Crippen molar-refractivity contribution in [2.45, 2.75) is 153 Å². The fraction of sp³-hybridized carbons (Fsp3) is 0.424. The number of aryl methyl sites for hydroxylation is 1. The van der Waals surface area contributed by atoms with Gasteiger partial charge in [0.2, 0.25) is 29.0 Å². The van der Waals surface area contributed by atoms with E-state index < -0.39 is 102 Å². The summed E-state index contributed by atoms with van der Waals surface area (Å²) in [5, 5.41) is 84.1. The van der Waals surface area contributed by atoms with Gasteiger partial charge in [0.05, 0.1) is 136 Å². The van der Waals surface area contributed by atoms with Gasteiger partial charge in [-0.15, -0.1) is 0 Å². The summed E-state index contributed by atoms with van der Waals surface area (Å²) in [4.78, 5) is 89.9. The largest absolute Gasteiger partial charge is 0.481 e. The van der Waals surface area contributed by atoms with Crippen molar-refractivity contribution in [1.29, 1.82) is 0 Å². The zero-order valence-electron chi connectivity index (χ0n) is 73.6. The Morgan fingerprint density at radius 1 is 0.504 bits per heavy atom. The molecule has 732 valence electrons. The predicted octanol–water partition coefficient (Wildman–Crippen LogP) is 3.65. The molecule has 9 aromatic heterocycles. The molecule has 1 unspecified atom stereocenters. The molecule has 137 heavy (non-hydrogen) atoms. The van der Waals surface area contributed by atoms with E-state index in [9.17, 15) is 77.7 Å². The third-order valence-corrected chi connectivity index (χ3v) is 26.5. The molecule has 1 saturated heterocycles. The third-order valence-electron chi connectivity index (χ3n) is 23.3. The SMILES string of the molecule is COc1cccc(Cn2ccc(C(=O)c3cncnc3C[C@@H]3C[C@H](COS(N)(=O)=O)[C@@H](O)C3)n2)n1.Cc1cc(C(=O)c2cncnc2N[C@@H]2C[C@H](COS(N)(=O)=O)[C@@H](O)[C@@H]2F)nn1Cc1cccc(I)c1.NS(=O)(=O)OC[C@H]1C[C@@H](Cc2ncncc2C(=O)c2ccn(Cc3cccc(I)c3)n2)C[C@@H]1O.NS(=O)(=O)OC[C@H]1C[C@@H](Nc2ncncc2C(=O)c2ccn(CC3CCCO3)n2)C[C@@H]1O. The number of ketones is 4. The summed E-state index contributed by atoms with van der Waals surface area (Å²) in [5.41, 5.74) is 6.77. The molecule has 0 spiro atoms. The topological polar surface area (TPSA) is 657 Å². The molecule has 0 amide bonds. The average molecular weight is 2200 g/mol. The van der Waals surface area contributed by atoms with Crippen LogP contribution in [0.1, 0.15) is 156 Å². The van der Waals surface area contributed by atoms with Crippen molar-refractivity contribution < 1.29 is 104 Å². The third kappa shape index (κ3) is 30.3. The number of anilines is 2. The van der Waals surface area contributed by atoms with Gasteiger partial charge in [-0.3, -0.25) is 54.6 Å². The van der Waals surface area contributed by atoms with Gasteiger partial charge in [-0.1, -0.05) is 30.3 Å². The second kappa shape index (κ2) is 47.0. The summed E-state index contributed by atoms with van der Waals surface area (Å²) in [6, 6.07) is 26.8. The monoisotopic (exact) mass is 2200 g/mol. The average Bonchev–Trinajstić information content (AvgIpc) is 1.66. The first kappa shape index (κ1) is 104. The Morgan fingerprint density at radius 3 is 1.45 bits per heavy atom. The van der Waals surface area contributed by atoms with Crippen LogP contribution in [0, 0.1) is 49.6 Å². The number of aliphatic hydroxyl groups is 4. The Balaban J connectivity index is 0.000000154. The molecule has 10 heterocycles. The number of rotatable bonds is 37. The fourth-order valence-electron chi connectivity index (χ4n) is 16.7. The molecule has 1 aliphatic heterocycles. The highest BCUT2D eigenvalue weighted by molar-refractivity contribution is 14.1. The maximum Gasteiger partial charge on any atom is 0.333 e. The van der Waals surface area contributed by atoms with E-state index in [0.717, 1.165) is 49.1 Å². The number of aromatic nitrogens is 17. The van der Waals surface area contributed by atoms with Crippen LogP contribution >= 0.6 is 45.2 Å². The molecule has 0 bridgehead atoms. The number of ether oxygens (including phenoxy) is 2. The van der Waals surface area contributed by atoms with Crippen molar-refractivity contribution in [3.05, 3.63) is 246 Å². The van der Waals surface area contributed by atoms with Gasteiger partial charge in [0.25, 0.3) is 0 Å². The molecule has 52 heteroatoms. The number of pyridine rings is 1. The quantitative estimate of drug-likeness (QED) is 0.0196. The van der Waals surface area contributed by atoms with Gasteiger partial charge in [-0.05, 0) is 200 Å². The molecule has 14 N–H and O–H groups in total. The number of methoxy groups -OCH3 is 1. The van der Waals surface area contributed by atoms with Crippen LogP contribution in [-0.2, 0) is 102 Å². The molecule has 0 radical (unpaired) electrons. The molecular weight excluding hydrogens is 2100 g/mol. The van der Waals surface area contributed by atoms with E-state index in [1.54, 1.807) is 74.8 Å². The summed E-state index contributed by atoms with van der Waals surface area (Å²) >= 11 is 4.48. The van der Waals surface area contributed by atoms with Crippen LogP contribution in [-0.4, -0.2) is 250 Å². The molecule has 11 aromatic rings. The number of benzene rings is 2. The Labute approximate surface area is 814 Å². The molecule has 16 rings (SSSR count). The van der Waals surface area contributed by atoms with Crippen LogP contribution in [0.3, 0.4) is 0 Å². The summed E-state index contributed by atoms with van der Waals surface area (Å²) in [6.45, 7) is 3.53. The molecule has 4 aliphatic carbocycles. The van der Waals surface area contributed by atoms with Crippen LogP contribution in [0.15, 0.2) is 160 Å². The number of nitrogens with one attached hydrogen (secondary N) is 2. The van der Waals surface area contributed by atoms with Crippen LogP contribution < -0.4 is 35.9 Å². The van der Waals surface area contributed by atoms with Crippen LogP contribution in [0.5, 0.6) is 5.88 Å². The van der Waals surface area contributed by atoms with E-state index in [-0.39, 0.29) is 113 Å². The van der Waals surface area contributed by atoms with Gasteiger partial charge in [-0.25, -0.2) is 69.8 Å². The summed E-state index contributed by atoms with van der Waals surface area (Å²) < 4.78 is 141. The van der Waals surface area contributed by atoms with E-state index in [1.807, 2.05) is 61.5 Å². The van der Waals surface area contributed by atoms with Gasteiger partial charge in [-0.2, -0.15) is 54.1 Å². The Kier molecular flexibility index (Phi) is 35.6. The number of aliphatic hydroxyl groups excluding tert-OH is 4. The lowest BCUT2D eigenvalue weighted by atomic mass is 9.96. The maximum atomic E-state index is 14.8. The number of nitrogens with two attached hydrogens (primary N) is 4. The van der Waals surface area contributed by atoms with E-state index in [4.69, 9.17) is 30.0 Å². The van der Waals surface area contributed by atoms with Crippen LogP contribution in [0.4, 0.5) is 16.0 Å². The first-order valence-electron chi connectivity index (χ1n) is 42.9. The summed E-state index contributed by atoms with van der Waals surface area (Å²) in [7, 11) is -14.9. The molecule has 45 nitrogen and oxygen atoms in total. The second-order valence-corrected chi connectivity index (χ2v) is 40.8. The zero-order chi connectivity index (χ0) is 98.0. The highest BCUT2D eigenvalue weighted by Crippen LogP contribution is 2.38. The lowest BCUT2D eigenvalue weighted by molar-refractivity contribution is 0.0501. The normalized spacial score (nSPS) is 22.1. The van der Waals surface area contributed by atoms with Gasteiger partial charge in [0.15, 0.2) is 0 Å². The van der Waals surface area contributed by atoms with Crippen molar-refractivity contribution in [1.82, 2.24) is 84.0 Å². The summed E-state index contributed by atoms with van der Waals surface area (Å²) in [5.74, 6) is -2.46. The minimum Gasteiger partial charge on any atom is -0.481 e. The zero-order valence-corrected chi connectivity index (χ0v) is 81.1. The molecule has 14 atom stereocenters. The van der Waals surface area contributed by atoms with E-state index in [2.05, 4.69) is 144 Å². The Morgan fingerprint density at radius 2 is 0.949 bits per heavy atom. The van der Waals surface area contributed by atoms with Gasteiger partial charge in [0.1, 0.15) is 65.9 Å². The molecule has 5 fully saturated rings. The Bertz CT molecular complexity index is 6550. The highest BCUT2D eigenvalue weighted by atomic mass is 127. The lowest BCUT2D eigenvalue weighted by Crippen LogP contribution is -2.33. The molecule has 4 saturated carbocycles. The fourth-order valence-corrected chi connectivity index (χ4v) is 19.4. The number of carbonyl (C=O) groups is 4. The minimum absolute atomic E-state index is 0.00337. The minimum atomic E-state index is -4.23. The maximum absolute atomic E-state index is 14.8. The number of hydrogen-bond donors (Lipinski definition) is 10. The smallest absolute Gasteiger partial charge is 0.333 e. The second-order valence-electron chi connectivity index (χ2n) is 33.4. The lowest BCUT2D eigenvalue weighted by Gasteiger charge is -2.18. The molecule has 5 aliphatic rings. The van der Waals surface area contributed by atoms with E-state index in [1.165, 1.54) is 50.1 Å². The van der Waals surface area contributed by atoms with Crippen LogP contribution in [0.2, 0.25) is 0 Å². The standard InChI is InChI=1S/C22H24FIN6O5S.C22H24IN5O5S.C22H26N6O6S.C19H26N6O6S/c1-12-5-18(29-30(12)9-13-3-2-4-15(24)6-13)21(32)16-8-26-11-27-22(16)28-17-7-14(20(31)19(17)23)10-35-36(25,33)34;23-17-3-1-2-14(7-17)11-28-5-4-19(27-28)22(30)18-10-25-13-26-20(18)8-15-6-16(21(29)9-15)12-33-34(24,31)32;1-33-21-4-2-3-16(26-21)11-28-6-5-18(27-28)22(30)17-10-24-13-25-19(17)8-14-7-15(20(29)9-14)12-34-35(23,31)32;20-32(28,29)31-10-12-6-13(7-17(12)26)23-19-15(8-21-11-22-19)18(27)16-3-4-25(24-16)9-14-2-1-5-30-14/h2-6,8,11,14,17,19-20,31H,7,9-10H2,1H3,(H2,25,33,34)(H,26,27,28);1-5,7,10,13,15-16,21,29H,6,8-9,11-12H2,(H2,24,31,32);2-6,10,13-15,20,29H,7-9,11-12H2,1H3,(H2,23,31,32);3-4,8,11-14,17,26H,1-2,5-7,9-10H2,(H2,20,28,29)(H,21,22,23)/t14-,17-,19-,20-;15-,16+,21-;14-,15+,20-;12-,13-,14?,17+/m1001/s1. The van der Waals surface area contributed by atoms with Crippen LogP contribution in [0.25, 0.3) is 0 Å². The van der Waals surface area contributed by atoms with E-state index in [0.29, 0.717) is 117 Å². The van der Waals surface area contributed by atoms with Gasteiger partial charge >= 0.3 is 41.2 Å². The molecular formula is C85H100FI2N23O22S4. The van der Waals surface area contributed by atoms with Crippen molar-refractivity contribution in [2.75, 3.05) is 50.8 Å². The number of halogens is 3. The first-order valence-corrected chi connectivity index (χ1v) is 50.9. The number of alkyl halides is 1. The number of hydrogen-bond acceptors (Lipinski definition) is 37. The van der Waals surface area contributed by atoms with Gasteiger partial charge in [0, 0.05) is 98.6 Å². The number of nitrogens with zero attached hydrogens (tertiary/aromatic N) is 17. The van der Waals surface area contributed by atoms with Crippen molar-refractivity contribution in [2.24, 2.45) is 56.1 Å². The van der Waals surface area contributed by atoms with E-state index >= 15 is 0 Å². The van der Waals surface area contributed by atoms with Crippen molar-refractivity contribution in [3.63, 3.8) is 0 Å². The first-order chi connectivity index (χ1) is 65.2.